The predicted molar refractivity (Wildman–Crippen MR) is 69.2 cm³/mol. The lowest BCUT2D eigenvalue weighted by molar-refractivity contribution is 0.0854. The summed E-state index contributed by atoms with van der Waals surface area (Å²) in [6, 6.07) is 2.68. The topological polar surface area (TPSA) is 37.4 Å². The Balaban J connectivity index is 2.14. The summed E-state index contributed by atoms with van der Waals surface area (Å²) in [7, 11) is 4.13. The van der Waals surface area contributed by atoms with Gasteiger partial charge in [-0.25, -0.2) is 0 Å². The standard InChI is InChI=1S/C13H21N3O/c1-14-9-11-10-15-6-3-13(11)16(2)12-4-7-17-8-5-12/h3,6,10,12,14H,4-5,7-9H2,1-2H3. The van der Waals surface area contributed by atoms with E-state index in [0.29, 0.717) is 6.04 Å². The summed E-state index contributed by atoms with van der Waals surface area (Å²) < 4.78 is 5.41. The van der Waals surface area contributed by atoms with E-state index in [9.17, 15) is 0 Å². The highest BCUT2D eigenvalue weighted by Gasteiger charge is 2.20. The van der Waals surface area contributed by atoms with Gasteiger partial charge in [0, 0.05) is 56.5 Å². The third kappa shape index (κ3) is 2.96. The minimum atomic E-state index is 0.585. The summed E-state index contributed by atoms with van der Waals surface area (Å²) >= 11 is 0. The zero-order chi connectivity index (χ0) is 12.1. The molecule has 4 heteroatoms. The van der Waals surface area contributed by atoms with Crippen molar-refractivity contribution >= 4 is 5.69 Å². The lowest BCUT2D eigenvalue weighted by Gasteiger charge is -2.34. The monoisotopic (exact) mass is 235 g/mol. The number of pyridine rings is 1. The second kappa shape index (κ2) is 5.98. The molecular formula is C13H21N3O. The van der Waals surface area contributed by atoms with Crippen LogP contribution in [0.1, 0.15) is 18.4 Å². The van der Waals surface area contributed by atoms with Gasteiger partial charge < -0.3 is 15.0 Å². The maximum Gasteiger partial charge on any atom is 0.0485 e. The average Bonchev–Trinajstić information content (AvgIpc) is 2.40. The summed E-state index contributed by atoms with van der Waals surface area (Å²) in [6.07, 6.45) is 6.03. The third-order valence-electron chi connectivity index (χ3n) is 3.36. The molecule has 0 bridgehead atoms. The number of hydrogen-bond acceptors (Lipinski definition) is 4. The first-order valence-electron chi connectivity index (χ1n) is 6.21. The molecule has 1 N–H and O–H groups in total. The first-order valence-corrected chi connectivity index (χ1v) is 6.21. The molecule has 1 aromatic rings. The minimum absolute atomic E-state index is 0.585. The highest BCUT2D eigenvalue weighted by atomic mass is 16.5. The molecular weight excluding hydrogens is 214 g/mol. The van der Waals surface area contributed by atoms with E-state index in [1.165, 1.54) is 11.3 Å². The summed E-state index contributed by atoms with van der Waals surface area (Å²) in [6.45, 7) is 2.61. The number of nitrogens with zero attached hydrogens (tertiary/aromatic N) is 2. The van der Waals surface area contributed by atoms with Crippen molar-refractivity contribution in [1.29, 1.82) is 0 Å². The Labute approximate surface area is 103 Å². The number of anilines is 1. The van der Waals surface area contributed by atoms with Crippen LogP contribution in [0.4, 0.5) is 5.69 Å². The summed E-state index contributed by atoms with van der Waals surface area (Å²) in [5.41, 5.74) is 2.53. The molecule has 0 spiro atoms. The minimum Gasteiger partial charge on any atom is -0.381 e. The second-order valence-electron chi connectivity index (χ2n) is 4.49. The lowest BCUT2D eigenvalue weighted by atomic mass is 10.1. The molecule has 0 aliphatic carbocycles. The molecule has 0 amide bonds. The van der Waals surface area contributed by atoms with Crippen LogP contribution in [0.5, 0.6) is 0 Å². The molecule has 2 rings (SSSR count). The van der Waals surface area contributed by atoms with E-state index in [2.05, 4.69) is 28.3 Å². The molecule has 1 aliphatic rings. The molecule has 94 valence electrons. The first kappa shape index (κ1) is 12.3. The Kier molecular flexibility index (Phi) is 4.34. The number of ether oxygens (including phenoxy) is 1. The fourth-order valence-corrected chi connectivity index (χ4v) is 2.36. The van der Waals surface area contributed by atoms with Gasteiger partial charge in [-0.2, -0.15) is 0 Å². The van der Waals surface area contributed by atoms with Gasteiger partial charge >= 0.3 is 0 Å². The molecule has 0 aromatic carbocycles. The van der Waals surface area contributed by atoms with Gasteiger partial charge in [0.1, 0.15) is 0 Å². The summed E-state index contributed by atoms with van der Waals surface area (Å²) in [5, 5.41) is 3.19. The van der Waals surface area contributed by atoms with Gasteiger partial charge in [-0.3, -0.25) is 4.98 Å². The first-order chi connectivity index (χ1) is 8.33. The van der Waals surface area contributed by atoms with Crippen LogP contribution in [0.25, 0.3) is 0 Å². The molecule has 1 fully saturated rings. The van der Waals surface area contributed by atoms with E-state index < -0.39 is 0 Å². The van der Waals surface area contributed by atoms with Crippen LogP contribution in [0.3, 0.4) is 0 Å². The van der Waals surface area contributed by atoms with Crippen LogP contribution in [-0.2, 0) is 11.3 Å². The Morgan fingerprint density at radius 3 is 2.94 bits per heavy atom. The SMILES string of the molecule is CNCc1cnccc1N(C)C1CCOCC1. The lowest BCUT2D eigenvalue weighted by Crippen LogP contribution is -2.37. The van der Waals surface area contributed by atoms with Gasteiger partial charge in [0.05, 0.1) is 0 Å². The molecule has 1 aliphatic heterocycles. The normalized spacial score (nSPS) is 17.1. The molecule has 0 saturated carbocycles. The highest BCUT2D eigenvalue weighted by Crippen LogP contribution is 2.24. The van der Waals surface area contributed by atoms with Gasteiger partial charge in [0.15, 0.2) is 0 Å². The van der Waals surface area contributed by atoms with Crippen molar-refractivity contribution in [3.63, 3.8) is 0 Å². The quantitative estimate of drug-likeness (QED) is 0.856. The Morgan fingerprint density at radius 1 is 1.47 bits per heavy atom. The Hall–Kier alpha value is -1.13. The van der Waals surface area contributed by atoms with E-state index >= 15 is 0 Å². The second-order valence-corrected chi connectivity index (χ2v) is 4.49. The summed E-state index contributed by atoms with van der Waals surface area (Å²) in [4.78, 5) is 6.57. The zero-order valence-corrected chi connectivity index (χ0v) is 10.6. The van der Waals surface area contributed by atoms with E-state index in [1.807, 2.05) is 19.4 Å². The summed E-state index contributed by atoms with van der Waals surface area (Å²) in [5.74, 6) is 0. The van der Waals surface area contributed by atoms with E-state index in [4.69, 9.17) is 4.74 Å². The van der Waals surface area contributed by atoms with Crippen molar-refractivity contribution in [3.8, 4) is 0 Å². The van der Waals surface area contributed by atoms with Crippen molar-refractivity contribution in [1.82, 2.24) is 10.3 Å². The van der Waals surface area contributed by atoms with Crippen LogP contribution >= 0.6 is 0 Å². The van der Waals surface area contributed by atoms with Crippen molar-refractivity contribution in [3.05, 3.63) is 24.0 Å². The highest BCUT2D eigenvalue weighted by molar-refractivity contribution is 5.52. The fourth-order valence-electron chi connectivity index (χ4n) is 2.36. The van der Waals surface area contributed by atoms with E-state index in [-0.39, 0.29) is 0 Å². The zero-order valence-electron chi connectivity index (χ0n) is 10.6. The van der Waals surface area contributed by atoms with Crippen LogP contribution in [0.15, 0.2) is 18.5 Å². The van der Waals surface area contributed by atoms with Crippen LogP contribution in [0.2, 0.25) is 0 Å². The van der Waals surface area contributed by atoms with Gasteiger partial charge in [-0.15, -0.1) is 0 Å². The molecule has 1 saturated heterocycles. The number of rotatable bonds is 4. The average molecular weight is 235 g/mol. The molecule has 0 unspecified atom stereocenters. The van der Waals surface area contributed by atoms with Crippen molar-refractivity contribution < 1.29 is 4.74 Å². The van der Waals surface area contributed by atoms with Crippen molar-refractivity contribution in [2.75, 3.05) is 32.2 Å². The molecule has 0 atom stereocenters. The third-order valence-corrected chi connectivity index (χ3v) is 3.36. The van der Waals surface area contributed by atoms with Gasteiger partial charge in [-0.05, 0) is 26.0 Å². The van der Waals surface area contributed by atoms with Gasteiger partial charge in [-0.1, -0.05) is 0 Å². The molecule has 17 heavy (non-hydrogen) atoms. The smallest absolute Gasteiger partial charge is 0.0485 e. The fraction of sp³-hybridized carbons (Fsp3) is 0.615. The van der Waals surface area contributed by atoms with Gasteiger partial charge in [0.2, 0.25) is 0 Å². The Morgan fingerprint density at radius 2 is 2.24 bits per heavy atom. The molecule has 2 heterocycles. The van der Waals surface area contributed by atoms with Crippen molar-refractivity contribution in [2.45, 2.75) is 25.4 Å². The molecule has 1 aromatic heterocycles. The van der Waals surface area contributed by atoms with E-state index in [0.717, 1.165) is 32.6 Å². The van der Waals surface area contributed by atoms with E-state index in [1.54, 1.807) is 0 Å². The molecule has 4 nitrogen and oxygen atoms in total. The largest absolute Gasteiger partial charge is 0.381 e. The number of nitrogens with one attached hydrogen (secondary N) is 1. The number of aromatic nitrogens is 1. The maximum atomic E-state index is 5.41. The van der Waals surface area contributed by atoms with Crippen LogP contribution < -0.4 is 10.2 Å². The number of hydrogen-bond donors (Lipinski definition) is 1. The molecule has 0 radical (unpaired) electrons. The maximum absolute atomic E-state index is 5.41. The predicted octanol–water partition coefficient (Wildman–Crippen LogP) is 1.42. The Bertz CT molecular complexity index is 350. The van der Waals surface area contributed by atoms with Crippen LogP contribution in [-0.4, -0.2) is 38.3 Å². The van der Waals surface area contributed by atoms with Gasteiger partial charge in [0.25, 0.3) is 0 Å². The van der Waals surface area contributed by atoms with Crippen LogP contribution in [0, 0.1) is 0 Å². The van der Waals surface area contributed by atoms with Crippen molar-refractivity contribution in [2.24, 2.45) is 0 Å².